The number of alkyl halides is 2. The lowest BCUT2D eigenvalue weighted by Gasteiger charge is -2.32. The van der Waals surface area contributed by atoms with Gasteiger partial charge in [-0.3, -0.25) is 0 Å². The minimum Gasteiger partial charge on any atom is -0.399 e. The van der Waals surface area contributed by atoms with Crippen LogP contribution in [0, 0.1) is 0 Å². The van der Waals surface area contributed by atoms with Gasteiger partial charge in [-0.15, -0.1) is 0 Å². The molecule has 20 heavy (non-hydrogen) atoms. The molecule has 2 rings (SSSR count). The fourth-order valence-corrected chi connectivity index (χ4v) is 1.91. The quantitative estimate of drug-likeness (QED) is 0.796. The van der Waals surface area contributed by atoms with E-state index in [0.717, 1.165) is 5.46 Å². The van der Waals surface area contributed by atoms with Crippen molar-refractivity contribution in [2.24, 2.45) is 0 Å². The standard InChI is InChI=1S/C14H19BF2O3/c1-13(2)14(3,4)20-15(19-13)11-7-5-10(6-8-11)9-18-12(16)17/h5-8,12H,9H2,1-4H3. The number of ether oxygens (including phenoxy) is 1. The van der Waals surface area contributed by atoms with Gasteiger partial charge >= 0.3 is 13.7 Å². The molecule has 0 saturated carbocycles. The van der Waals surface area contributed by atoms with Crippen LogP contribution in [0.3, 0.4) is 0 Å². The molecule has 0 N–H and O–H groups in total. The summed E-state index contributed by atoms with van der Waals surface area (Å²) in [6, 6.07) is 7.10. The molecule has 6 heteroatoms. The van der Waals surface area contributed by atoms with Crippen LogP contribution in [0.5, 0.6) is 0 Å². The smallest absolute Gasteiger partial charge is 0.399 e. The molecule has 1 fully saturated rings. The molecular weight excluding hydrogens is 265 g/mol. The molecule has 0 radical (unpaired) electrons. The zero-order chi connectivity index (χ0) is 15.0. The van der Waals surface area contributed by atoms with Crippen LogP contribution in [0.4, 0.5) is 8.78 Å². The highest BCUT2D eigenvalue weighted by Gasteiger charge is 2.51. The van der Waals surface area contributed by atoms with Crippen LogP contribution in [0.25, 0.3) is 0 Å². The van der Waals surface area contributed by atoms with Crippen LogP contribution < -0.4 is 5.46 Å². The first-order valence-corrected chi connectivity index (χ1v) is 6.55. The normalized spacial score (nSPS) is 20.6. The maximum absolute atomic E-state index is 12.0. The van der Waals surface area contributed by atoms with Gasteiger partial charge in [-0.2, -0.15) is 8.78 Å². The van der Waals surface area contributed by atoms with Crippen molar-refractivity contribution in [3.8, 4) is 0 Å². The van der Waals surface area contributed by atoms with E-state index in [-0.39, 0.29) is 6.61 Å². The molecule has 3 nitrogen and oxygen atoms in total. The Labute approximate surface area is 118 Å². The Balaban J connectivity index is 2.05. The van der Waals surface area contributed by atoms with Crippen molar-refractivity contribution in [1.29, 1.82) is 0 Å². The van der Waals surface area contributed by atoms with E-state index in [1.165, 1.54) is 0 Å². The summed E-state index contributed by atoms with van der Waals surface area (Å²) in [6.07, 6.45) is 0. The van der Waals surface area contributed by atoms with Gasteiger partial charge in [0.15, 0.2) is 0 Å². The van der Waals surface area contributed by atoms with Crippen LogP contribution >= 0.6 is 0 Å². The van der Waals surface area contributed by atoms with Gasteiger partial charge in [0, 0.05) is 0 Å². The summed E-state index contributed by atoms with van der Waals surface area (Å²) < 4.78 is 40.0. The number of rotatable bonds is 4. The summed E-state index contributed by atoms with van der Waals surface area (Å²) >= 11 is 0. The van der Waals surface area contributed by atoms with Gasteiger partial charge in [-0.1, -0.05) is 24.3 Å². The van der Waals surface area contributed by atoms with Crippen LogP contribution in [0.15, 0.2) is 24.3 Å². The summed E-state index contributed by atoms with van der Waals surface area (Å²) in [7, 11) is -0.440. The SMILES string of the molecule is CC1(C)OB(c2ccc(COC(F)F)cc2)OC1(C)C. The van der Waals surface area contributed by atoms with Crippen LogP contribution in [-0.2, 0) is 20.7 Å². The zero-order valence-electron chi connectivity index (χ0n) is 12.2. The number of hydrogen-bond acceptors (Lipinski definition) is 3. The highest BCUT2D eigenvalue weighted by Crippen LogP contribution is 2.36. The van der Waals surface area contributed by atoms with Gasteiger partial charge in [0.2, 0.25) is 0 Å². The first kappa shape index (κ1) is 15.4. The average molecular weight is 284 g/mol. The lowest BCUT2D eigenvalue weighted by molar-refractivity contribution is -0.137. The van der Waals surface area contributed by atoms with Crippen molar-refractivity contribution in [1.82, 2.24) is 0 Å². The Kier molecular flexibility index (Phi) is 4.18. The van der Waals surface area contributed by atoms with Gasteiger partial charge in [0.1, 0.15) is 0 Å². The third-order valence-corrected chi connectivity index (χ3v) is 3.88. The van der Waals surface area contributed by atoms with E-state index >= 15 is 0 Å². The number of hydrogen-bond donors (Lipinski definition) is 0. The Hall–Kier alpha value is -0.975. The van der Waals surface area contributed by atoms with E-state index < -0.39 is 24.9 Å². The second-order valence-electron chi connectivity index (χ2n) is 5.90. The molecule has 0 unspecified atom stereocenters. The van der Waals surface area contributed by atoms with Gasteiger partial charge in [0.05, 0.1) is 17.8 Å². The molecule has 0 spiro atoms. The molecule has 0 aromatic heterocycles. The molecule has 110 valence electrons. The second kappa shape index (κ2) is 5.43. The summed E-state index contributed by atoms with van der Waals surface area (Å²) in [4.78, 5) is 0. The minimum atomic E-state index is -2.75. The first-order valence-electron chi connectivity index (χ1n) is 6.55. The molecule has 1 saturated heterocycles. The summed E-state index contributed by atoms with van der Waals surface area (Å²) in [5, 5.41) is 0. The fourth-order valence-electron chi connectivity index (χ4n) is 1.91. The third kappa shape index (κ3) is 3.19. The fraction of sp³-hybridized carbons (Fsp3) is 0.571. The van der Waals surface area contributed by atoms with E-state index in [2.05, 4.69) is 4.74 Å². The Bertz CT molecular complexity index is 444. The molecule has 1 aromatic rings. The summed E-state index contributed by atoms with van der Waals surface area (Å²) in [5.41, 5.74) is 0.763. The largest absolute Gasteiger partial charge is 0.494 e. The Morgan fingerprint density at radius 1 is 1.05 bits per heavy atom. The molecule has 0 atom stereocenters. The van der Waals surface area contributed by atoms with Crippen molar-refractivity contribution in [2.75, 3.05) is 0 Å². The molecular formula is C14H19BF2O3. The summed E-state index contributed by atoms with van der Waals surface area (Å²) in [6.45, 7) is 5.07. The van der Waals surface area contributed by atoms with Gasteiger partial charge in [-0.05, 0) is 38.7 Å². The predicted molar refractivity (Wildman–Crippen MR) is 73.0 cm³/mol. The maximum Gasteiger partial charge on any atom is 0.494 e. The second-order valence-corrected chi connectivity index (χ2v) is 5.90. The van der Waals surface area contributed by atoms with Crippen molar-refractivity contribution in [2.45, 2.75) is 52.1 Å². The van der Waals surface area contributed by atoms with E-state index in [4.69, 9.17) is 9.31 Å². The van der Waals surface area contributed by atoms with Crippen molar-refractivity contribution < 1.29 is 22.8 Å². The van der Waals surface area contributed by atoms with Crippen LogP contribution in [0.1, 0.15) is 33.3 Å². The van der Waals surface area contributed by atoms with Gasteiger partial charge in [0.25, 0.3) is 0 Å². The van der Waals surface area contributed by atoms with Gasteiger partial charge < -0.3 is 14.0 Å². The van der Waals surface area contributed by atoms with Crippen LogP contribution in [0.2, 0.25) is 0 Å². The Morgan fingerprint density at radius 3 is 2.00 bits per heavy atom. The summed E-state index contributed by atoms with van der Waals surface area (Å²) in [5.74, 6) is 0. The van der Waals surface area contributed by atoms with Crippen molar-refractivity contribution >= 4 is 12.6 Å². The van der Waals surface area contributed by atoms with E-state index in [0.29, 0.717) is 5.56 Å². The average Bonchev–Trinajstić information content (AvgIpc) is 2.56. The van der Waals surface area contributed by atoms with Gasteiger partial charge in [-0.25, -0.2) is 0 Å². The first-order chi connectivity index (χ1) is 9.21. The predicted octanol–water partition coefficient (Wildman–Crippen LogP) is 2.73. The lowest BCUT2D eigenvalue weighted by Crippen LogP contribution is -2.41. The molecule has 1 aromatic carbocycles. The number of benzene rings is 1. The lowest BCUT2D eigenvalue weighted by atomic mass is 9.79. The Morgan fingerprint density at radius 2 is 1.55 bits per heavy atom. The topological polar surface area (TPSA) is 27.7 Å². The molecule has 1 heterocycles. The molecule has 0 aliphatic carbocycles. The highest BCUT2D eigenvalue weighted by molar-refractivity contribution is 6.62. The van der Waals surface area contributed by atoms with E-state index in [9.17, 15) is 8.78 Å². The number of halogens is 2. The van der Waals surface area contributed by atoms with Crippen molar-refractivity contribution in [3.63, 3.8) is 0 Å². The molecule has 1 aliphatic heterocycles. The maximum atomic E-state index is 12.0. The van der Waals surface area contributed by atoms with Crippen molar-refractivity contribution in [3.05, 3.63) is 29.8 Å². The van der Waals surface area contributed by atoms with E-state index in [1.807, 2.05) is 39.8 Å². The molecule has 1 aliphatic rings. The van der Waals surface area contributed by atoms with Crippen LogP contribution in [-0.4, -0.2) is 24.9 Å². The molecule has 0 amide bonds. The zero-order valence-corrected chi connectivity index (χ0v) is 12.2. The minimum absolute atomic E-state index is 0.110. The molecule has 0 bridgehead atoms. The van der Waals surface area contributed by atoms with E-state index in [1.54, 1.807) is 12.1 Å². The monoisotopic (exact) mass is 284 g/mol. The highest BCUT2D eigenvalue weighted by atomic mass is 19.3. The third-order valence-electron chi connectivity index (χ3n) is 3.88.